The van der Waals surface area contributed by atoms with Gasteiger partial charge in [0.25, 0.3) is 5.91 Å². The standard InChI is InChI=1S/C32H43ClN2O2S.BrH/c1-3-4-5-6-7-8-9-10-11-12-13-14-21-37-31-22-28(33)17-20-30(31)32(36)34-29-18-15-27(16-19-29)24-35-23-26(2)38-25-35;/h15-20,22-23,25H,3-14,21,24H2,1-2H3;1H. The molecule has 0 bridgehead atoms. The van der Waals surface area contributed by atoms with Gasteiger partial charge in [-0.15, -0.1) is 0 Å². The SMILES string of the molecule is CCCCCCCCCCCCCCOc1cc(Cl)ccc1C(=O)Nc1ccc(C[n+]2csc(C)c2)cc1.[Br-]. The van der Waals surface area contributed by atoms with Crippen molar-refractivity contribution in [3.8, 4) is 5.75 Å². The number of carbonyl (C=O) groups is 1. The first-order valence-electron chi connectivity index (χ1n) is 14.3. The minimum absolute atomic E-state index is 0. The van der Waals surface area contributed by atoms with Gasteiger partial charge in [0.15, 0.2) is 12.7 Å². The zero-order chi connectivity index (χ0) is 27.0. The van der Waals surface area contributed by atoms with Gasteiger partial charge in [0.1, 0.15) is 5.75 Å². The summed E-state index contributed by atoms with van der Waals surface area (Å²) in [5, 5.41) is 3.56. The molecular formula is C32H44BrClN2O2S. The molecular weight excluding hydrogens is 592 g/mol. The number of nitrogens with one attached hydrogen (secondary N) is 1. The smallest absolute Gasteiger partial charge is 0.259 e. The van der Waals surface area contributed by atoms with Gasteiger partial charge >= 0.3 is 0 Å². The molecule has 1 N–H and O–H groups in total. The summed E-state index contributed by atoms with van der Waals surface area (Å²) in [6.45, 7) is 5.77. The maximum atomic E-state index is 13.0. The molecule has 3 aromatic rings. The van der Waals surface area contributed by atoms with Gasteiger partial charge in [-0.05, 0) is 43.7 Å². The van der Waals surface area contributed by atoms with Crippen molar-refractivity contribution in [3.05, 3.63) is 75.2 Å². The molecule has 0 saturated heterocycles. The molecule has 3 rings (SSSR count). The molecule has 0 aliphatic heterocycles. The van der Waals surface area contributed by atoms with Crippen LogP contribution in [0.3, 0.4) is 0 Å². The molecule has 214 valence electrons. The molecule has 1 heterocycles. The molecule has 39 heavy (non-hydrogen) atoms. The van der Waals surface area contributed by atoms with E-state index in [2.05, 4.69) is 35.4 Å². The Hall–Kier alpha value is -1.89. The third-order valence-corrected chi connectivity index (χ3v) is 7.83. The molecule has 0 spiro atoms. The highest BCUT2D eigenvalue weighted by atomic mass is 79.9. The third-order valence-electron chi connectivity index (χ3n) is 6.74. The number of anilines is 1. The minimum Gasteiger partial charge on any atom is -1.00 e. The second-order valence-electron chi connectivity index (χ2n) is 10.2. The average Bonchev–Trinajstić information content (AvgIpc) is 3.32. The van der Waals surface area contributed by atoms with Crippen molar-refractivity contribution in [2.75, 3.05) is 11.9 Å². The molecule has 0 atom stereocenters. The zero-order valence-electron chi connectivity index (χ0n) is 23.5. The number of aromatic nitrogens is 1. The van der Waals surface area contributed by atoms with E-state index in [1.807, 2.05) is 24.3 Å². The van der Waals surface area contributed by atoms with Gasteiger partial charge in [0.05, 0.1) is 17.0 Å². The van der Waals surface area contributed by atoms with Crippen molar-refractivity contribution in [2.45, 2.75) is 97.4 Å². The van der Waals surface area contributed by atoms with E-state index in [-0.39, 0.29) is 22.9 Å². The quantitative estimate of drug-likeness (QED) is 0.130. The van der Waals surface area contributed by atoms with Crippen LogP contribution in [0.1, 0.15) is 105 Å². The Balaban J connectivity index is 0.00000533. The molecule has 1 aromatic heterocycles. The van der Waals surface area contributed by atoms with Gasteiger partial charge in [-0.2, -0.15) is 4.57 Å². The average molecular weight is 636 g/mol. The lowest BCUT2D eigenvalue weighted by Crippen LogP contribution is -3.00. The Kier molecular flexibility index (Phi) is 16.4. The predicted octanol–water partition coefficient (Wildman–Crippen LogP) is 6.38. The van der Waals surface area contributed by atoms with Gasteiger partial charge in [0.2, 0.25) is 5.51 Å². The Labute approximate surface area is 254 Å². The van der Waals surface area contributed by atoms with Crippen molar-refractivity contribution in [3.63, 3.8) is 0 Å². The number of unbranched alkanes of at least 4 members (excludes halogenated alkanes) is 11. The molecule has 0 unspecified atom stereocenters. The van der Waals surface area contributed by atoms with E-state index >= 15 is 0 Å². The number of nitrogens with zero attached hydrogens (tertiary/aromatic N) is 1. The Bertz CT molecular complexity index is 1100. The van der Waals surface area contributed by atoms with Crippen LogP contribution in [0.5, 0.6) is 5.75 Å². The van der Waals surface area contributed by atoms with Crippen LogP contribution in [0.25, 0.3) is 0 Å². The summed E-state index contributed by atoms with van der Waals surface area (Å²) >= 11 is 7.95. The fourth-order valence-electron chi connectivity index (χ4n) is 4.56. The number of ether oxygens (including phenoxy) is 1. The number of hydrogen-bond acceptors (Lipinski definition) is 3. The van der Waals surface area contributed by atoms with E-state index in [1.54, 1.807) is 29.5 Å². The van der Waals surface area contributed by atoms with E-state index < -0.39 is 0 Å². The first kappa shape index (κ1) is 33.3. The molecule has 4 nitrogen and oxygen atoms in total. The van der Waals surface area contributed by atoms with Crippen LogP contribution < -0.4 is 31.6 Å². The molecule has 2 aromatic carbocycles. The van der Waals surface area contributed by atoms with Crippen LogP contribution in [0, 0.1) is 6.92 Å². The fourth-order valence-corrected chi connectivity index (χ4v) is 5.35. The lowest BCUT2D eigenvalue weighted by atomic mass is 10.1. The van der Waals surface area contributed by atoms with E-state index in [0.717, 1.165) is 25.1 Å². The number of halogens is 2. The maximum Gasteiger partial charge on any atom is 0.259 e. The number of benzene rings is 2. The summed E-state index contributed by atoms with van der Waals surface area (Å²) < 4.78 is 8.18. The summed E-state index contributed by atoms with van der Waals surface area (Å²) in [6.07, 6.45) is 17.8. The largest absolute Gasteiger partial charge is 1.00 e. The summed E-state index contributed by atoms with van der Waals surface area (Å²) in [7, 11) is 0. The Morgan fingerprint density at radius 1 is 0.897 bits per heavy atom. The Morgan fingerprint density at radius 3 is 2.10 bits per heavy atom. The van der Waals surface area contributed by atoms with E-state index in [9.17, 15) is 4.79 Å². The molecule has 7 heteroatoms. The predicted molar refractivity (Wildman–Crippen MR) is 161 cm³/mol. The maximum absolute atomic E-state index is 13.0. The van der Waals surface area contributed by atoms with Crippen LogP contribution in [0.4, 0.5) is 5.69 Å². The number of aryl methyl sites for hydroxylation is 1. The number of rotatable bonds is 18. The van der Waals surface area contributed by atoms with Gasteiger partial charge in [-0.3, -0.25) is 4.79 Å². The number of amides is 1. The first-order chi connectivity index (χ1) is 18.5. The summed E-state index contributed by atoms with van der Waals surface area (Å²) in [6, 6.07) is 13.2. The molecule has 0 saturated carbocycles. The minimum atomic E-state index is -0.193. The summed E-state index contributed by atoms with van der Waals surface area (Å²) in [5.74, 6) is 0.348. The monoisotopic (exact) mass is 634 g/mol. The molecule has 0 aliphatic rings. The normalized spacial score (nSPS) is 10.7. The number of hydrogen-bond donors (Lipinski definition) is 1. The van der Waals surface area contributed by atoms with Crippen molar-refractivity contribution in [1.29, 1.82) is 0 Å². The first-order valence-corrected chi connectivity index (χ1v) is 15.6. The van der Waals surface area contributed by atoms with Gasteiger partial charge < -0.3 is 27.0 Å². The lowest BCUT2D eigenvalue weighted by Gasteiger charge is -2.12. The number of thiazole rings is 1. The summed E-state index contributed by atoms with van der Waals surface area (Å²) in [5.41, 5.74) is 4.56. The van der Waals surface area contributed by atoms with Crippen molar-refractivity contribution in [1.82, 2.24) is 0 Å². The second-order valence-corrected chi connectivity index (χ2v) is 11.7. The van der Waals surface area contributed by atoms with Crippen molar-refractivity contribution in [2.24, 2.45) is 0 Å². The molecule has 1 amide bonds. The number of carbonyl (C=O) groups excluding carboxylic acids is 1. The second kappa shape index (κ2) is 19.2. The van der Waals surface area contributed by atoms with Gasteiger partial charge in [0, 0.05) is 16.3 Å². The van der Waals surface area contributed by atoms with Crippen molar-refractivity contribution < 1.29 is 31.1 Å². The highest BCUT2D eigenvalue weighted by molar-refractivity contribution is 7.09. The van der Waals surface area contributed by atoms with Crippen molar-refractivity contribution >= 4 is 34.5 Å². The topological polar surface area (TPSA) is 42.2 Å². The zero-order valence-corrected chi connectivity index (χ0v) is 26.7. The van der Waals surface area contributed by atoms with Crippen LogP contribution in [-0.2, 0) is 6.54 Å². The van der Waals surface area contributed by atoms with Crippen LogP contribution >= 0.6 is 22.9 Å². The molecule has 0 fully saturated rings. The van der Waals surface area contributed by atoms with Crippen LogP contribution in [0.15, 0.2) is 54.2 Å². The molecule has 0 aliphatic carbocycles. The van der Waals surface area contributed by atoms with E-state index in [0.29, 0.717) is 22.9 Å². The van der Waals surface area contributed by atoms with E-state index in [1.165, 1.54) is 74.6 Å². The fraction of sp³-hybridized carbons (Fsp3) is 0.500. The summed E-state index contributed by atoms with van der Waals surface area (Å²) in [4.78, 5) is 14.3. The highest BCUT2D eigenvalue weighted by Crippen LogP contribution is 2.25. The van der Waals surface area contributed by atoms with Crippen LogP contribution in [-0.4, -0.2) is 12.5 Å². The molecule has 0 radical (unpaired) electrons. The Morgan fingerprint density at radius 2 is 1.51 bits per heavy atom. The third kappa shape index (κ3) is 12.9. The van der Waals surface area contributed by atoms with Gasteiger partial charge in [-0.25, -0.2) is 0 Å². The van der Waals surface area contributed by atoms with Gasteiger partial charge in [-0.1, -0.05) is 113 Å². The lowest BCUT2D eigenvalue weighted by molar-refractivity contribution is -0.683. The van der Waals surface area contributed by atoms with Crippen LogP contribution in [0.2, 0.25) is 5.02 Å². The highest BCUT2D eigenvalue weighted by Gasteiger charge is 2.14. The van der Waals surface area contributed by atoms with E-state index in [4.69, 9.17) is 16.3 Å².